The smallest absolute Gasteiger partial charge is 0.243 e. The zero-order valence-corrected chi connectivity index (χ0v) is 20.8. The van der Waals surface area contributed by atoms with Gasteiger partial charge in [-0.15, -0.1) is 0 Å². The summed E-state index contributed by atoms with van der Waals surface area (Å²) in [6.07, 6.45) is 3.50. The van der Waals surface area contributed by atoms with Crippen LogP contribution in [0, 0.1) is 0 Å². The fourth-order valence-electron chi connectivity index (χ4n) is 4.41. The summed E-state index contributed by atoms with van der Waals surface area (Å²) < 4.78 is 0. The van der Waals surface area contributed by atoms with Crippen molar-refractivity contribution in [2.75, 3.05) is 19.0 Å². The number of nitrogens with one attached hydrogen (secondary N) is 3. The highest BCUT2D eigenvalue weighted by molar-refractivity contribution is 6.04. The SMILES string of the molecule is CN(C)c1ccc(CC(=O)N[C@@H](CCCCCC(=O)NO)c2nc3c(ccc4ccccc43)[nH]2)cc1. The van der Waals surface area contributed by atoms with Gasteiger partial charge in [-0.25, -0.2) is 10.5 Å². The number of amides is 2. The summed E-state index contributed by atoms with van der Waals surface area (Å²) in [4.78, 5) is 34.6. The molecule has 0 unspecified atom stereocenters. The Kier molecular flexibility index (Phi) is 8.17. The van der Waals surface area contributed by atoms with E-state index in [1.54, 1.807) is 5.48 Å². The van der Waals surface area contributed by atoms with Crippen molar-refractivity contribution in [2.24, 2.45) is 0 Å². The number of carbonyl (C=O) groups is 2. The second-order valence-corrected chi connectivity index (χ2v) is 9.30. The van der Waals surface area contributed by atoms with Gasteiger partial charge in [-0.05, 0) is 42.0 Å². The van der Waals surface area contributed by atoms with Crippen molar-refractivity contribution >= 4 is 39.3 Å². The predicted octanol–water partition coefficient (Wildman–Crippen LogP) is 4.64. The maximum absolute atomic E-state index is 13.0. The summed E-state index contributed by atoms with van der Waals surface area (Å²) in [7, 11) is 3.97. The average Bonchev–Trinajstić information content (AvgIpc) is 3.33. The van der Waals surface area contributed by atoms with E-state index in [9.17, 15) is 9.59 Å². The molecule has 0 aliphatic heterocycles. The lowest BCUT2D eigenvalue weighted by Crippen LogP contribution is -2.30. The number of benzene rings is 3. The van der Waals surface area contributed by atoms with E-state index in [4.69, 9.17) is 10.2 Å². The average molecular weight is 488 g/mol. The first kappa shape index (κ1) is 25.2. The van der Waals surface area contributed by atoms with Gasteiger partial charge in [0.2, 0.25) is 11.8 Å². The van der Waals surface area contributed by atoms with Crippen LogP contribution in [0.2, 0.25) is 0 Å². The Morgan fingerprint density at radius 3 is 2.50 bits per heavy atom. The molecule has 0 bridgehead atoms. The number of anilines is 1. The molecule has 1 aromatic heterocycles. The van der Waals surface area contributed by atoms with Gasteiger partial charge in [-0.1, -0.05) is 55.3 Å². The molecule has 1 heterocycles. The number of rotatable bonds is 11. The van der Waals surface area contributed by atoms with Crippen LogP contribution in [0.4, 0.5) is 5.69 Å². The van der Waals surface area contributed by atoms with Crippen molar-refractivity contribution in [1.29, 1.82) is 0 Å². The maximum atomic E-state index is 13.0. The van der Waals surface area contributed by atoms with E-state index in [1.165, 1.54) is 0 Å². The van der Waals surface area contributed by atoms with Gasteiger partial charge in [0.1, 0.15) is 5.82 Å². The molecular weight excluding hydrogens is 454 g/mol. The minimum Gasteiger partial charge on any atom is -0.378 e. The van der Waals surface area contributed by atoms with Crippen LogP contribution in [-0.2, 0) is 16.0 Å². The van der Waals surface area contributed by atoms with Crippen LogP contribution in [0.3, 0.4) is 0 Å². The van der Waals surface area contributed by atoms with E-state index >= 15 is 0 Å². The van der Waals surface area contributed by atoms with Crippen molar-refractivity contribution in [3.05, 3.63) is 72.1 Å². The highest BCUT2D eigenvalue weighted by Gasteiger charge is 2.19. The Morgan fingerprint density at radius 1 is 0.972 bits per heavy atom. The third kappa shape index (κ3) is 6.20. The number of fused-ring (bicyclic) bond motifs is 3. The molecule has 1 atom stereocenters. The molecule has 8 heteroatoms. The number of imidazole rings is 1. The molecule has 0 radical (unpaired) electrons. The van der Waals surface area contributed by atoms with E-state index in [1.807, 2.05) is 61.5 Å². The van der Waals surface area contributed by atoms with Gasteiger partial charge in [0.25, 0.3) is 0 Å². The second-order valence-electron chi connectivity index (χ2n) is 9.30. The quantitative estimate of drug-likeness (QED) is 0.140. The summed E-state index contributed by atoms with van der Waals surface area (Å²) in [6, 6.07) is 19.9. The number of nitrogens with zero attached hydrogens (tertiary/aromatic N) is 2. The third-order valence-corrected chi connectivity index (χ3v) is 6.40. The largest absolute Gasteiger partial charge is 0.378 e. The second kappa shape index (κ2) is 11.7. The molecule has 0 aliphatic rings. The summed E-state index contributed by atoms with van der Waals surface area (Å²) >= 11 is 0. The van der Waals surface area contributed by atoms with E-state index in [2.05, 4.69) is 28.5 Å². The van der Waals surface area contributed by atoms with Gasteiger partial charge in [-0.2, -0.15) is 0 Å². The van der Waals surface area contributed by atoms with Crippen LogP contribution in [0.1, 0.15) is 49.5 Å². The van der Waals surface area contributed by atoms with E-state index in [-0.39, 0.29) is 30.7 Å². The third-order valence-electron chi connectivity index (χ3n) is 6.40. The standard InChI is InChI=1S/C28H33N5O3/c1-33(2)21-15-12-19(13-16-21)18-26(35)29-24(10-4-3-5-11-25(34)32-36)28-30-23-17-14-20-8-6-7-9-22(20)27(23)31-28/h6-9,12-17,24,36H,3-5,10-11,18H2,1-2H3,(H,29,35)(H,30,31)(H,32,34)/t24-/m0/s1. The van der Waals surface area contributed by atoms with Gasteiger partial charge in [0.15, 0.2) is 0 Å². The summed E-state index contributed by atoms with van der Waals surface area (Å²) in [6.45, 7) is 0. The molecular formula is C28H33N5O3. The first-order valence-corrected chi connectivity index (χ1v) is 12.3. The fraction of sp³-hybridized carbons (Fsp3) is 0.321. The number of hydroxylamine groups is 1. The van der Waals surface area contributed by atoms with Crippen LogP contribution in [0.15, 0.2) is 60.7 Å². The lowest BCUT2D eigenvalue weighted by Gasteiger charge is -2.17. The molecule has 4 N–H and O–H groups in total. The normalized spacial score (nSPS) is 12.0. The summed E-state index contributed by atoms with van der Waals surface area (Å²) in [5.74, 6) is 0.276. The van der Waals surface area contributed by atoms with Gasteiger partial charge < -0.3 is 15.2 Å². The number of hydrogen-bond donors (Lipinski definition) is 4. The number of carbonyl (C=O) groups excluding carboxylic acids is 2. The minimum absolute atomic E-state index is 0.0671. The maximum Gasteiger partial charge on any atom is 0.243 e. The highest BCUT2D eigenvalue weighted by Crippen LogP contribution is 2.27. The number of hydrogen-bond acceptors (Lipinski definition) is 5. The number of H-pyrrole nitrogens is 1. The molecule has 2 amide bonds. The van der Waals surface area contributed by atoms with E-state index < -0.39 is 0 Å². The Morgan fingerprint density at radius 2 is 1.75 bits per heavy atom. The van der Waals surface area contributed by atoms with Crippen molar-refractivity contribution in [3.63, 3.8) is 0 Å². The zero-order chi connectivity index (χ0) is 25.5. The van der Waals surface area contributed by atoms with Crippen molar-refractivity contribution in [2.45, 2.75) is 44.6 Å². The Hall–Kier alpha value is -3.91. The first-order chi connectivity index (χ1) is 17.4. The zero-order valence-electron chi connectivity index (χ0n) is 20.8. The van der Waals surface area contributed by atoms with Gasteiger partial charge in [0.05, 0.1) is 23.5 Å². The Labute approximate surface area is 210 Å². The van der Waals surface area contributed by atoms with Crippen molar-refractivity contribution in [1.82, 2.24) is 20.8 Å². The van der Waals surface area contributed by atoms with Crippen LogP contribution in [0.5, 0.6) is 0 Å². The Balaban J connectivity index is 1.50. The number of aromatic amines is 1. The highest BCUT2D eigenvalue weighted by atomic mass is 16.5. The molecule has 36 heavy (non-hydrogen) atoms. The number of aromatic nitrogens is 2. The molecule has 0 saturated heterocycles. The molecule has 4 rings (SSSR count). The van der Waals surface area contributed by atoms with Gasteiger partial charge in [-0.3, -0.25) is 14.8 Å². The fourth-order valence-corrected chi connectivity index (χ4v) is 4.41. The topological polar surface area (TPSA) is 110 Å². The van der Waals surface area contributed by atoms with Crippen molar-refractivity contribution < 1.29 is 14.8 Å². The minimum atomic E-state index is -0.385. The molecule has 3 aromatic carbocycles. The molecule has 188 valence electrons. The van der Waals surface area contributed by atoms with Gasteiger partial charge in [0, 0.05) is 31.6 Å². The van der Waals surface area contributed by atoms with Gasteiger partial charge >= 0.3 is 0 Å². The number of unbranched alkanes of at least 4 members (excludes halogenated alkanes) is 2. The Bertz CT molecular complexity index is 1330. The molecule has 4 aromatic rings. The van der Waals surface area contributed by atoms with E-state index in [0.29, 0.717) is 12.8 Å². The lowest BCUT2D eigenvalue weighted by molar-refractivity contribution is -0.129. The van der Waals surface area contributed by atoms with Crippen molar-refractivity contribution in [3.8, 4) is 0 Å². The van der Waals surface area contributed by atoms with Crippen LogP contribution >= 0.6 is 0 Å². The van der Waals surface area contributed by atoms with Crippen LogP contribution in [-0.4, -0.2) is 41.1 Å². The predicted molar refractivity (Wildman–Crippen MR) is 142 cm³/mol. The van der Waals surface area contributed by atoms with Crippen LogP contribution < -0.4 is 15.7 Å². The lowest BCUT2D eigenvalue weighted by atomic mass is 10.1. The molecule has 8 nitrogen and oxygen atoms in total. The summed E-state index contributed by atoms with van der Waals surface area (Å²) in [5, 5.41) is 14.0. The van der Waals surface area contributed by atoms with E-state index in [0.717, 1.165) is 51.7 Å². The molecule has 0 aliphatic carbocycles. The molecule has 0 saturated carbocycles. The molecule has 0 spiro atoms. The first-order valence-electron chi connectivity index (χ1n) is 12.3. The monoisotopic (exact) mass is 487 g/mol. The van der Waals surface area contributed by atoms with Crippen LogP contribution in [0.25, 0.3) is 21.8 Å². The molecule has 0 fully saturated rings. The summed E-state index contributed by atoms with van der Waals surface area (Å²) in [5.41, 5.74) is 5.52.